The third-order valence-corrected chi connectivity index (χ3v) is 3.84. The van der Waals surface area contributed by atoms with Crippen LogP contribution in [0.4, 0.5) is 23.7 Å². The van der Waals surface area contributed by atoms with E-state index in [4.69, 9.17) is 4.42 Å². The van der Waals surface area contributed by atoms with Gasteiger partial charge < -0.3 is 15.1 Å². The Balaban J connectivity index is 1.63. The molecule has 0 aliphatic heterocycles. The number of carbonyl (C=O) groups is 1. The summed E-state index contributed by atoms with van der Waals surface area (Å²) in [6, 6.07) is 13.2. The molecule has 2 amide bonds. The Morgan fingerprint density at radius 3 is 2.54 bits per heavy atom. The Morgan fingerprint density at radius 1 is 1.12 bits per heavy atom. The van der Waals surface area contributed by atoms with Crippen LogP contribution in [0.5, 0.6) is 0 Å². The molecule has 0 saturated heterocycles. The smallest absolute Gasteiger partial charge is 0.418 e. The Kier molecular flexibility index (Phi) is 4.88. The molecule has 0 saturated carbocycles. The van der Waals surface area contributed by atoms with Crippen LogP contribution in [0.3, 0.4) is 0 Å². The maximum Gasteiger partial charge on any atom is 0.418 e. The minimum Gasteiger partial charge on any atom is -0.461 e. The summed E-state index contributed by atoms with van der Waals surface area (Å²) < 4.78 is 44.6. The average Bonchev–Trinajstić information content (AvgIpc) is 2.96. The third-order valence-electron chi connectivity index (χ3n) is 3.84. The molecule has 7 heteroatoms. The van der Waals surface area contributed by atoms with Gasteiger partial charge in [0.2, 0.25) is 0 Å². The highest BCUT2D eigenvalue weighted by Crippen LogP contribution is 2.34. The van der Waals surface area contributed by atoms with E-state index in [0.717, 1.165) is 17.0 Å². The number of hydrogen-bond donors (Lipinski definition) is 2. The van der Waals surface area contributed by atoms with E-state index >= 15 is 0 Å². The predicted molar refractivity (Wildman–Crippen MR) is 93.0 cm³/mol. The number of hydrogen-bond acceptors (Lipinski definition) is 2. The van der Waals surface area contributed by atoms with Gasteiger partial charge in [-0.25, -0.2) is 4.79 Å². The molecule has 0 radical (unpaired) electrons. The number of alkyl halides is 3. The predicted octanol–water partition coefficient (Wildman–Crippen LogP) is 5.20. The standard InChI is InChI=1S/C19H17F3N2O2/c1-12(10-14-11-13-6-2-5-9-17(13)26-14)23-18(25)24-16-8-4-3-7-15(16)19(20,21)22/h2-9,11-12H,10H2,1H3,(H2,23,24,25). The van der Waals surface area contributed by atoms with Gasteiger partial charge in [-0.1, -0.05) is 30.3 Å². The minimum atomic E-state index is -4.54. The number of carbonyl (C=O) groups excluding carboxylic acids is 1. The van der Waals surface area contributed by atoms with Gasteiger partial charge in [0.1, 0.15) is 11.3 Å². The largest absolute Gasteiger partial charge is 0.461 e. The van der Waals surface area contributed by atoms with Crippen LogP contribution in [0.2, 0.25) is 0 Å². The molecule has 1 heterocycles. The summed E-state index contributed by atoms with van der Waals surface area (Å²) in [5.74, 6) is 0.690. The number of urea groups is 1. The average molecular weight is 362 g/mol. The molecular weight excluding hydrogens is 345 g/mol. The molecule has 3 aromatic rings. The van der Waals surface area contributed by atoms with E-state index in [2.05, 4.69) is 10.6 Å². The second-order valence-corrected chi connectivity index (χ2v) is 6.00. The van der Waals surface area contributed by atoms with E-state index < -0.39 is 17.8 Å². The topological polar surface area (TPSA) is 54.3 Å². The summed E-state index contributed by atoms with van der Waals surface area (Å²) in [7, 11) is 0. The van der Waals surface area contributed by atoms with E-state index in [1.165, 1.54) is 18.2 Å². The van der Waals surface area contributed by atoms with E-state index in [9.17, 15) is 18.0 Å². The molecule has 136 valence electrons. The van der Waals surface area contributed by atoms with Crippen molar-refractivity contribution >= 4 is 22.7 Å². The van der Waals surface area contributed by atoms with Crippen molar-refractivity contribution in [2.45, 2.75) is 25.6 Å². The van der Waals surface area contributed by atoms with E-state index in [-0.39, 0.29) is 11.7 Å². The number of para-hydroxylation sites is 2. The molecule has 0 fully saturated rings. The molecule has 1 unspecified atom stereocenters. The summed E-state index contributed by atoms with van der Waals surface area (Å²) in [6.07, 6.45) is -4.12. The van der Waals surface area contributed by atoms with Crippen LogP contribution in [0.15, 0.2) is 59.0 Å². The van der Waals surface area contributed by atoms with E-state index in [0.29, 0.717) is 12.2 Å². The van der Waals surface area contributed by atoms with Gasteiger partial charge in [0.05, 0.1) is 11.3 Å². The maximum atomic E-state index is 13.0. The molecule has 1 atom stereocenters. The number of anilines is 1. The minimum absolute atomic E-state index is 0.284. The first-order valence-corrected chi connectivity index (χ1v) is 8.04. The summed E-state index contributed by atoms with van der Waals surface area (Å²) >= 11 is 0. The number of amides is 2. The van der Waals surface area contributed by atoms with Crippen molar-refractivity contribution < 1.29 is 22.4 Å². The van der Waals surface area contributed by atoms with Crippen molar-refractivity contribution in [2.75, 3.05) is 5.32 Å². The van der Waals surface area contributed by atoms with Gasteiger partial charge in [-0.05, 0) is 31.2 Å². The van der Waals surface area contributed by atoms with Gasteiger partial charge in [-0.3, -0.25) is 0 Å². The highest BCUT2D eigenvalue weighted by Gasteiger charge is 2.33. The number of benzene rings is 2. The number of nitrogens with one attached hydrogen (secondary N) is 2. The molecule has 1 aromatic heterocycles. The fourth-order valence-electron chi connectivity index (χ4n) is 2.71. The van der Waals surface area contributed by atoms with Crippen LogP contribution in [0, 0.1) is 0 Å². The highest BCUT2D eigenvalue weighted by atomic mass is 19.4. The summed E-state index contributed by atoms with van der Waals surface area (Å²) in [4.78, 5) is 12.0. The lowest BCUT2D eigenvalue weighted by molar-refractivity contribution is -0.136. The molecule has 0 bridgehead atoms. The Labute approximate surface area is 148 Å². The van der Waals surface area contributed by atoms with Gasteiger partial charge in [0.15, 0.2) is 0 Å². The fourth-order valence-corrected chi connectivity index (χ4v) is 2.71. The maximum absolute atomic E-state index is 13.0. The number of furan rings is 1. The molecule has 0 spiro atoms. The molecule has 26 heavy (non-hydrogen) atoms. The van der Waals surface area contributed by atoms with Crippen molar-refractivity contribution in [1.82, 2.24) is 5.32 Å². The highest BCUT2D eigenvalue weighted by molar-refractivity contribution is 5.90. The molecular formula is C19H17F3N2O2. The summed E-state index contributed by atoms with van der Waals surface area (Å²) in [6.45, 7) is 1.75. The SMILES string of the molecule is CC(Cc1cc2ccccc2o1)NC(=O)Nc1ccccc1C(F)(F)F. The number of fused-ring (bicyclic) bond motifs is 1. The quantitative estimate of drug-likeness (QED) is 0.670. The lowest BCUT2D eigenvalue weighted by Crippen LogP contribution is -2.37. The normalized spacial score (nSPS) is 12.8. The monoisotopic (exact) mass is 362 g/mol. The zero-order chi connectivity index (χ0) is 18.7. The van der Waals surface area contributed by atoms with Gasteiger partial charge in [-0.2, -0.15) is 13.2 Å². The first-order valence-electron chi connectivity index (χ1n) is 8.04. The van der Waals surface area contributed by atoms with Crippen LogP contribution in [0.1, 0.15) is 18.2 Å². The molecule has 0 aliphatic rings. The van der Waals surface area contributed by atoms with Crippen molar-refractivity contribution in [3.05, 3.63) is 65.9 Å². The van der Waals surface area contributed by atoms with Crippen LogP contribution in [0.25, 0.3) is 11.0 Å². The first kappa shape index (κ1) is 17.8. The van der Waals surface area contributed by atoms with Crippen molar-refractivity contribution in [2.24, 2.45) is 0 Å². The second-order valence-electron chi connectivity index (χ2n) is 6.00. The van der Waals surface area contributed by atoms with Crippen LogP contribution < -0.4 is 10.6 Å². The van der Waals surface area contributed by atoms with Crippen molar-refractivity contribution in [3.63, 3.8) is 0 Å². The van der Waals surface area contributed by atoms with Gasteiger partial charge in [-0.15, -0.1) is 0 Å². The zero-order valence-electron chi connectivity index (χ0n) is 13.9. The summed E-state index contributed by atoms with van der Waals surface area (Å²) in [5.41, 5.74) is -0.424. The molecule has 0 aliphatic carbocycles. The lowest BCUT2D eigenvalue weighted by Gasteiger charge is -2.16. The third kappa shape index (κ3) is 4.17. The first-order chi connectivity index (χ1) is 12.3. The molecule has 2 N–H and O–H groups in total. The van der Waals surface area contributed by atoms with Gasteiger partial charge in [0, 0.05) is 17.8 Å². The van der Waals surface area contributed by atoms with Gasteiger partial charge >= 0.3 is 12.2 Å². The second kappa shape index (κ2) is 7.11. The van der Waals surface area contributed by atoms with Gasteiger partial charge in [0.25, 0.3) is 0 Å². The Hall–Kier alpha value is -2.96. The van der Waals surface area contributed by atoms with Crippen molar-refractivity contribution in [1.29, 1.82) is 0 Å². The van der Waals surface area contributed by atoms with Crippen LogP contribution in [-0.2, 0) is 12.6 Å². The number of rotatable bonds is 4. The Morgan fingerprint density at radius 2 is 1.81 bits per heavy atom. The molecule has 2 aromatic carbocycles. The van der Waals surface area contributed by atoms with E-state index in [1.807, 2.05) is 30.3 Å². The lowest BCUT2D eigenvalue weighted by atomic mass is 10.1. The van der Waals surface area contributed by atoms with Crippen molar-refractivity contribution in [3.8, 4) is 0 Å². The number of halogens is 3. The zero-order valence-corrected chi connectivity index (χ0v) is 13.9. The van der Waals surface area contributed by atoms with Crippen LogP contribution in [-0.4, -0.2) is 12.1 Å². The Bertz CT molecular complexity index is 885. The fraction of sp³-hybridized carbons (Fsp3) is 0.211. The summed E-state index contributed by atoms with van der Waals surface area (Å²) in [5, 5.41) is 5.84. The molecule has 3 rings (SSSR count). The van der Waals surface area contributed by atoms with E-state index in [1.54, 1.807) is 6.92 Å². The van der Waals surface area contributed by atoms with Crippen LogP contribution >= 0.6 is 0 Å². The molecule has 4 nitrogen and oxygen atoms in total.